The minimum atomic E-state index is -3.97. The molecule has 0 bridgehead atoms. The predicted molar refractivity (Wildman–Crippen MR) is 126 cm³/mol. The number of likely N-dealkylation sites (N-methyl/N-ethyl adjacent to an activating group) is 1. The zero-order valence-electron chi connectivity index (χ0n) is 19.7. The summed E-state index contributed by atoms with van der Waals surface area (Å²) in [6.07, 6.45) is -0.489. The molecule has 0 aromatic heterocycles. The molecule has 1 aliphatic rings. The molecule has 0 radical (unpaired) electrons. The normalized spacial score (nSPS) is 20.5. The highest BCUT2D eigenvalue weighted by Gasteiger charge is 2.38. The molecule has 0 aliphatic carbocycles. The quantitative estimate of drug-likeness (QED) is 0.669. The molecule has 0 saturated heterocycles. The topological polar surface area (TPSA) is 87.2 Å². The number of ether oxygens (including phenoxy) is 1. The summed E-state index contributed by atoms with van der Waals surface area (Å²) >= 11 is 0. The summed E-state index contributed by atoms with van der Waals surface area (Å²) in [5.74, 6) is 5.26. The molecule has 3 rings (SSSR count). The molecule has 1 aliphatic heterocycles. The highest BCUT2D eigenvalue weighted by Crippen LogP contribution is 2.34. The highest BCUT2D eigenvalue weighted by molar-refractivity contribution is 7.89. The minimum absolute atomic E-state index is 0.0255. The Morgan fingerprint density at radius 2 is 1.85 bits per heavy atom. The van der Waals surface area contributed by atoms with Crippen LogP contribution in [-0.2, 0) is 14.8 Å². The lowest BCUT2D eigenvalue weighted by Crippen LogP contribution is -2.50. The Morgan fingerprint density at radius 3 is 2.47 bits per heavy atom. The largest absolute Gasteiger partial charge is 0.487 e. The Morgan fingerprint density at radius 1 is 1.24 bits per heavy atom. The molecule has 2 aromatic carbocycles. The van der Waals surface area contributed by atoms with E-state index in [4.69, 9.17) is 4.74 Å². The van der Waals surface area contributed by atoms with Crippen molar-refractivity contribution in [2.75, 3.05) is 26.7 Å². The second-order valence-electron chi connectivity index (χ2n) is 8.56. The van der Waals surface area contributed by atoms with Crippen LogP contribution in [0.4, 0.5) is 4.39 Å². The van der Waals surface area contributed by atoms with Gasteiger partial charge >= 0.3 is 0 Å². The molecule has 0 spiro atoms. The fourth-order valence-electron chi connectivity index (χ4n) is 3.60. The first-order valence-corrected chi connectivity index (χ1v) is 12.4. The molecule has 1 N–H and O–H groups in total. The summed E-state index contributed by atoms with van der Waals surface area (Å²) in [5.41, 5.74) is 1.13. The molecule has 1 amide bonds. The summed E-state index contributed by atoms with van der Waals surface area (Å²) in [4.78, 5) is 13.3. The summed E-state index contributed by atoms with van der Waals surface area (Å²) in [6, 6.07) is 9.69. The van der Waals surface area contributed by atoms with Crippen molar-refractivity contribution in [3.63, 3.8) is 0 Å². The zero-order valence-corrected chi connectivity index (χ0v) is 20.5. The van der Waals surface area contributed by atoms with E-state index in [1.54, 1.807) is 38.2 Å². The van der Waals surface area contributed by atoms with Crippen LogP contribution in [0.2, 0.25) is 0 Å². The van der Waals surface area contributed by atoms with Crippen LogP contribution in [0.3, 0.4) is 0 Å². The first-order valence-electron chi connectivity index (χ1n) is 11.0. The minimum Gasteiger partial charge on any atom is -0.487 e. The summed E-state index contributed by atoms with van der Waals surface area (Å²) in [5, 5.41) is 9.71. The first-order chi connectivity index (χ1) is 16.0. The molecular formula is C25H29FN2O5S. The number of aliphatic hydroxyl groups is 1. The van der Waals surface area contributed by atoms with E-state index < -0.39 is 22.2 Å². The third kappa shape index (κ3) is 5.76. The van der Waals surface area contributed by atoms with Crippen molar-refractivity contribution >= 4 is 15.9 Å². The number of carbonyl (C=O) groups is 1. The number of fused-ring (bicyclic) bond motifs is 1. The summed E-state index contributed by atoms with van der Waals surface area (Å²) in [7, 11) is -2.31. The van der Waals surface area contributed by atoms with Gasteiger partial charge in [-0.15, -0.1) is 0 Å². The average Bonchev–Trinajstić information content (AvgIpc) is 2.80. The van der Waals surface area contributed by atoms with Gasteiger partial charge in [-0.05, 0) is 49.4 Å². The van der Waals surface area contributed by atoms with Gasteiger partial charge in [0.2, 0.25) is 15.9 Å². The van der Waals surface area contributed by atoms with Gasteiger partial charge in [0.1, 0.15) is 22.6 Å². The molecule has 7 nitrogen and oxygen atoms in total. The van der Waals surface area contributed by atoms with Crippen molar-refractivity contribution in [2.45, 2.75) is 37.8 Å². The van der Waals surface area contributed by atoms with E-state index in [-0.39, 0.29) is 48.0 Å². The number of halogens is 1. The number of hydrogen-bond acceptors (Lipinski definition) is 5. The van der Waals surface area contributed by atoms with Crippen LogP contribution in [0.15, 0.2) is 47.4 Å². The second-order valence-corrected chi connectivity index (χ2v) is 10.4. The van der Waals surface area contributed by atoms with Crippen molar-refractivity contribution in [3.8, 4) is 17.6 Å². The van der Waals surface area contributed by atoms with Crippen LogP contribution in [0.5, 0.6) is 5.75 Å². The van der Waals surface area contributed by atoms with Crippen LogP contribution < -0.4 is 4.74 Å². The van der Waals surface area contributed by atoms with Crippen molar-refractivity contribution in [1.82, 2.24) is 9.21 Å². The maximum absolute atomic E-state index is 13.5. The van der Waals surface area contributed by atoms with Gasteiger partial charge < -0.3 is 14.7 Å². The average molecular weight is 489 g/mol. The van der Waals surface area contributed by atoms with Gasteiger partial charge in [0.25, 0.3) is 0 Å². The molecule has 34 heavy (non-hydrogen) atoms. The van der Waals surface area contributed by atoms with Crippen molar-refractivity contribution in [3.05, 3.63) is 59.4 Å². The standard InChI is InChI=1S/C25H29FN2O5S/c1-17-14-28(18(2)16-29)34(31,32)25-12-9-21(6-5-20-7-10-22(26)11-8-20)13-23(25)33-24(17)15-27(4)19(3)30/h7-13,17-18,24,29H,14-16H2,1-4H3/t17-,18-,24-/m1/s1. The maximum atomic E-state index is 13.5. The van der Waals surface area contributed by atoms with Gasteiger partial charge in [-0.1, -0.05) is 18.8 Å². The Labute approximate surface area is 200 Å². The molecule has 182 valence electrons. The third-order valence-corrected chi connectivity index (χ3v) is 7.87. The summed E-state index contributed by atoms with van der Waals surface area (Å²) in [6.45, 7) is 5.02. The predicted octanol–water partition coefficient (Wildman–Crippen LogP) is 2.47. The smallest absolute Gasteiger partial charge is 0.247 e. The number of amides is 1. The number of nitrogens with zero attached hydrogens (tertiary/aromatic N) is 2. The molecule has 9 heteroatoms. The van der Waals surface area contributed by atoms with Gasteiger partial charge in [0, 0.05) is 43.6 Å². The molecule has 0 fully saturated rings. The van der Waals surface area contributed by atoms with E-state index in [0.29, 0.717) is 11.1 Å². The van der Waals surface area contributed by atoms with Crippen LogP contribution in [-0.4, -0.2) is 67.5 Å². The Balaban J connectivity index is 2.07. The van der Waals surface area contributed by atoms with E-state index >= 15 is 0 Å². The number of aliphatic hydroxyl groups excluding tert-OH is 1. The fraction of sp³-hybridized carbons (Fsp3) is 0.400. The van der Waals surface area contributed by atoms with Crippen LogP contribution >= 0.6 is 0 Å². The van der Waals surface area contributed by atoms with E-state index in [2.05, 4.69) is 11.8 Å². The van der Waals surface area contributed by atoms with Crippen molar-refractivity contribution in [2.24, 2.45) is 5.92 Å². The molecule has 2 aromatic rings. The fourth-order valence-corrected chi connectivity index (χ4v) is 5.42. The summed E-state index contributed by atoms with van der Waals surface area (Å²) < 4.78 is 47.6. The SMILES string of the molecule is CC(=O)N(C)C[C@H]1Oc2cc(C#Cc3ccc(F)cc3)ccc2S(=O)(=O)N([C@H](C)CO)C[C@H]1C. The lowest BCUT2D eigenvalue weighted by molar-refractivity contribution is -0.129. The van der Waals surface area contributed by atoms with Crippen molar-refractivity contribution in [1.29, 1.82) is 0 Å². The van der Waals surface area contributed by atoms with Crippen molar-refractivity contribution < 1.29 is 27.4 Å². The van der Waals surface area contributed by atoms with E-state index in [1.165, 1.54) is 34.3 Å². The lowest BCUT2D eigenvalue weighted by atomic mass is 10.0. The molecule has 0 saturated carbocycles. The number of hydrogen-bond donors (Lipinski definition) is 1. The number of benzene rings is 2. The van der Waals surface area contributed by atoms with E-state index in [0.717, 1.165) is 0 Å². The van der Waals surface area contributed by atoms with Gasteiger partial charge in [-0.25, -0.2) is 12.8 Å². The van der Waals surface area contributed by atoms with Crippen LogP contribution in [0.1, 0.15) is 31.9 Å². The molecule has 3 atom stereocenters. The third-order valence-electron chi connectivity index (χ3n) is 5.85. The van der Waals surface area contributed by atoms with Crippen LogP contribution in [0.25, 0.3) is 0 Å². The highest BCUT2D eigenvalue weighted by atomic mass is 32.2. The first kappa shape index (κ1) is 25.7. The van der Waals surface area contributed by atoms with Gasteiger partial charge in [-0.2, -0.15) is 4.31 Å². The Kier molecular flexibility index (Phi) is 7.97. The molecular weight excluding hydrogens is 459 g/mol. The van der Waals surface area contributed by atoms with Gasteiger partial charge in [0.15, 0.2) is 0 Å². The molecule has 0 unspecified atom stereocenters. The Bertz CT molecular complexity index is 1200. The number of sulfonamides is 1. The zero-order chi connectivity index (χ0) is 25.0. The lowest BCUT2D eigenvalue weighted by Gasteiger charge is -2.37. The van der Waals surface area contributed by atoms with Crippen LogP contribution in [0, 0.1) is 23.6 Å². The monoisotopic (exact) mass is 488 g/mol. The number of rotatable bonds is 4. The molecule has 1 heterocycles. The van der Waals surface area contributed by atoms with Gasteiger partial charge in [0.05, 0.1) is 13.2 Å². The van der Waals surface area contributed by atoms with Gasteiger partial charge in [-0.3, -0.25) is 4.79 Å². The second kappa shape index (κ2) is 10.6. The number of carbonyl (C=O) groups excluding carboxylic acids is 1. The van der Waals surface area contributed by atoms with E-state index in [1.807, 2.05) is 6.92 Å². The maximum Gasteiger partial charge on any atom is 0.247 e. The Hall–Kier alpha value is -2.93. The van der Waals surface area contributed by atoms with E-state index in [9.17, 15) is 22.7 Å².